The fourth-order valence-corrected chi connectivity index (χ4v) is 6.68. The molecule has 2 aromatic carbocycles. The number of fused-ring (bicyclic) bond motifs is 2. The summed E-state index contributed by atoms with van der Waals surface area (Å²) in [4.78, 5) is 77.2. The van der Waals surface area contributed by atoms with E-state index in [4.69, 9.17) is 4.98 Å². The van der Waals surface area contributed by atoms with Gasteiger partial charge >= 0.3 is 0 Å². The summed E-state index contributed by atoms with van der Waals surface area (Å²) in [5, 5.41) is 17.0. The lowest BCUT2D eigenvalue weighted by molar-refractivity contribution is -0.137. The molecule has 0 bridgehead atoms. The Morgan fingerprint density at radius 2 is 1.58 bits per heavy atom. The summed E-state index contributed by atoms with van der Waals surface area (Å²) in [6, 6.07) is 10.8. The number of carbonyl (C=O) groups is 5. The number of nitrogens with zero attached hydrogens (tertiary/aromatic N) is 4. The first kappa shape index (κ1) is 38.7. The second-order valence-corrected chi connectivity index (χ2v) is 14.4. The minimum Gasteiger partial charge on any atom is -0.358 e. The number of carbonyl (C=O) groups excluding carboxylic acids is 5. The Labute approximate surface area is 309 Å². The first-order chi connectivity index (χ1) is 25.2. The highest BCUT2D eigenvalue weighted by molar-refractivity contribution is 5.96. The number of rotatable bonds is 5. The summed E-state index contributed by atoms with van der Waals surface area (Å²) in [5.41, 5.74) is 5.58. The highest BCUT2D eigenvalue weighted by Crippen LogP contribution is 2.29. The van der Waals surface area contributed by atoms with Crippen molar-refractivity contribution in [1.29, 1.82) is 0 Å². The number of aromatic amines is 1. The number of aryl methyl sites for hydroxylation is 3. The van der Waals surface area contributed by atoms with Crippen LogP contribution in [0.3, 0.4) is 0 Å². The molecule has 5 rings (SSSR count). The zero-order valence-corrected chi connectivity index (χ0v) is 31.6. The number of hydrogen-bond acceptors (Lipinski definition) is 7. The van der Waals surface area contributed by atoms with Crippen LogP contribution in [0.15, 0.2) is 42.5 Å². The normalized spacial score (nSPS) is 19.8. The molecule has 0 radical (unpaired) electrons. The number of H-pyrrole nitrogens is 1. The number of hydrogen-bond donors (Lipinski definition) is 5. The molecule has 0 aliphatic carbocycles. The van der Waals surface area contributed by atoms with Crippen molar-refractivity contribution in [2.24, 2.45) is 5.92 Å². The topological polar surface area (TPSA) is 183 Å². The van der Waals surface area contributed by atoms with Gasteiger partial charge < -0.3 is 31.2 Å². The van der Waals surface area contributed by atoms with Gasteiger partial charge in [-0.1, -0.05) is 56.3 Å². The maximum atomic E-state index is 13.9. The van der Waals surface area contributed by atoms with E-state index >= 15 is 0 Å². The predicted molar refractivity (Wildman–Crippen MR) is 201 cm³/mol. The average Bonchev–Trinajstić information content (AvgIpc) is 3.68. The lowest BCUT2D eigenvalue weighted by Crippen LogP contribution is -2.54. The summed E-state index contributed by atoms with van der Waals surface area (Å²) >= 11 is 0. The smallest absolute Gasteiger partial charge is 0.243 e. The summed E-state index contributed by atoms with van der Waals surface area (Å²) in [7, 11) is 0. The van der Waals surface area contributed by atoms with Crippen molar-refractivity contribution in [3.8, 4) is 11.4 Å². The van der Waals surface area contributed by atoms with Crippen LogP contribution in [0.4, 0.5) is 0 Å². The molecule has 14 nitrogen and oxygen atoms in total. The van der Waals surface area contributed by atoms with Crippen LogP contribution in [0.1, 0.15) is 74.8 Å². The van der Waals surface area contributed by atoms with Gasteiger partial charge in [-0.25, -0.2) is 9.67 Å². The van der Waals surface area contributed by atoms with Gasteiger partial charge in [0, 0.05) is 35.2 Å². The zero-order chi connectivity index (χ0) is 38.4. The van der Waals surface area contributed by atoms with E-state index in [-0.39, 0.29) is 50.3 Å². The van der Waals surface area contributed by atoms with E-state index in [1.54, 1.807) is 13.8 Å². The van der Waals surface area contributed by atoms with Crippen LogP contribution in [-0.2, 0) is 36.9 Å². The second-order valence-electron chi connectivity index (χ2n) is 14.4. The molecule has 3 heterocycles. The minimum atomic E-state index is -0.987. The van der Waals surface area contributed by atoms with Crippen molar-refractivity contribution in [2.45, 2.75) is 92.4 Å². The second kappa shape index (κ2) is 16.9. The molecule has 0 unspecified atom stereocenters. The molecule has 0 saturated carbocycles. The van der Waals surface area contributed by atoms with Gasteiger partial charge in [0.05, 0.1) is 19.0 Å². The molecule has 2 aromatic heterocycles. The van der Waals surface area contributed by atoms with Gasteiger partial charge in [-0.3, -0.25) is 24.0 Å². The Balaban J connectivity index is 1.42. The van der Waals surface area contributed by atoms with E-state index in [0.717, 1.165) is 38.9 Å². The highest BCUT2D eigenvalue weighted by Gasteiger charge is 2.29. The fraction of sp³-hybridized carbons (Fsp3) is 0.462. The largest absolute Gasteiger partial charge is 0.358 e. The molecule has 5 amide bonds. The van der Waals surface area contributed by atoms with Crippen LogP contribution in [0.5, 0.6) is 0 Å². The first-order valence-electron chi connectivity index (χ1n) is 18.2. The van der Waals surface area contributed by atoms with Crippen LogP contribution < -0.4 is 21.3 Å². The average molecular weight is 726 g/mol. The maximum absolute atomic E-state index is 13.9. The fourth-order valence-electron chi connectivity index (χ4n) is 6.68. The molecule has 53 heavy (non-hydrogen) atoms. The van der Waals surface area contributed by atoms with Crippen molar-refractivity contribution in [3.63, 3.8) is 0 Å². The molecule has 0 fully saturated rings. The third-order valence-electron chi connectivity index (χ3n) is 9.51. The van der Waals surface area contributed by atoms with E-state index in [1.807, 2.05) is 77.1 Å². The molecule has 0 spiro atoms. The van der Waals surface area contributed by atoms with Crippen molar-refractivity contribution in [3.05, 3.63) is 70.7 Å². The zero-order valence-electron chi connectivity index (χ0n) is 31.6. The van der Waals surface area contributed by atoms with Crippen LogP contribution in [0.25, 0.3) is 22.3 Å². The monoisotopic (exact) mass is 725 g/mol. The van der Waals surface area contributed by atoms with Gasteiger partial charge in [-0.2, -0.15) is 5.10 Å². The standard InChI is InChI=1S/C39H51N9O5/c1-22(2)18-30-39(53)43-26(6)37-45-36(28-12-9-8-10-13-28)46-48(37)21-31(49)40-16-11-17-47(20-32(50)41-27(7)38(52)44-30)33(51)19-29-25(5)42-35-24(4)15-14-23(3)34(29)35/h8-10,12-15,22,26-27,30,42H,11,16-21H2,1-7H3,(H,40,49)(H,41,50)(H,43,53)(H,44,52)/t26-,27+,30+/m0/s1. The minimum absolute atomic E-state index is 0.0537. The van der Waals surface area contributed by atoms with Gasteiger partial charge in [0.25, 0.3) is 0 Å². The molecule has 14 heteroatoms. The van der Waals surface area contributed by atoms with Gasteiger partial charge in [-0.05, 0) is 70.1 Å². The number of benzene rings is 2. The summed E-state index contributed by atoms with van der Waals surface area (Å²) in [5.74, 6) is -1.26. The third kappa shape index (κ3) is 9.48. The van der Waals surface area contributed by atoms with Crippen molar-refractivity contribution < 1.29 is 24.0 Å². The van der Waals surface area contributed by atoms with E-state index in [0.29, 0.717) is 24.5 Å². The Hall–Kier alpha value is -5.53. The first-order valence-corrected chi connectivity index (χ1v) is 18.2. The van der Waals surface area contributed by atoms with E-state index < -0.39 is 35.8 Å². The molecule has 1 aliphatic rings. The summed E-state index contributed by atoms with van der Waals surface area (Å²) in [6.07, 6.45) is 0.771. The van der Waals surface area contributed by atoms with Crippen molar-refractivity contribution in [1.82, 2.24) is 45.9 Å². The molecule has 3 atom stereocenters. The molecular formula is C39H51N9O5. The Kier molecular flexibility index (Phi) is 12.3. The lowest BCUT2D eigenvalue weighted by Gasteiger charge is -2.25. The molecule has 0 saturated heterocycles. The molecular weight excluding hydrogens is 674 g/mol. The van der Waals surface area contributed by atoms with Gasteiger partial charge in [0.2, 0.25) is 29.5 Å². The van der Waals surface area contributed by atoms with E-state index in [9.17, 15) is 24.0 Å². The lowest BCUT2D eigenvalue weighted by atomic mass is 10.0. The van der Waals surface area contributed by atoms with Gasteiger partial charge in [0.15, 0.2) is 5.82 Å². The van der Waals surface area contributed by atoms with Gasteiger partial charge in [-0.15, -0.1) is 0 Å². The Morgan fingerprint density at radius 1 is 0.868 bits per heavy atom. The Bertz CT molecular complexity index is 1980. The maximum Gasteiger partial charge on any atom is 0.243 e. The predicted octanol–water partition coefficient (Wildman–Crippen LogP) is 3.16. The Morgan fingerprint density at radius 3 is 2.30 bits per heavy atom. The SMILES string of the molecule is Cc1[nH]c2c(C)ccc(C)c2c1CC(=O)N1CCCNC(=O)Cn2nc(-c3ccccc3)nc2[C@H](C)NC(=O)[C@@H](CC(C)C)NC(=O)[C@@H](C)NC(=O)C1. The van der Waals surface area contributed by atoms with Crippen LogP contribution >= 0.6 is 0 Å². The molecule has 282 valence electrons. The van der Waals surface area contributed by atoms with Gasteiger partial charge in [0.1, 0.15) is 24.5 Å². The number of amides is 5. The summed E-state index contributed by atoms with van der Waals surface area (Å²) in [6.45, 7) is 13.1. The van der Waals surface area contributed by atoms with Crippen LogP contribution in [0.2, 0.25) is 0 Å². The highest BCUT2D eigenvalue weighted by atomic mass is 16.2. The molecule has 4 aromatic rings. The van der Waals surface area contributed by atoms with E-state index in [2.05, 4.69) is 31.3 Å². The van der Waals surface area contributed by atoms with E-state index in [1.165, 1.54) is 9.58 Å². The van der Waals surface area contributed by atoms with Crippen LogP contribution in [0, 0.1) is 26.7 Å². The number of aromatic nitrogens is 4. The quantitative estimate of drug-likeness (QED) is 0.209. The number of nitrogens with one attached hydrogen (secondary N) is 5. The molecule has 5 N–H and O–H groups in total. The third-order valence-corrected chi connectivity index (χ3v) is 9.51. The van der Waals surface area contributed by atoms with Crippen LogP contribution in [-0.4, -0.2) is 85.9 Å². The summed E-state index contributed by atoms with van der Waals surface area (Å²) < 4.78 is 1.47. The molecule has 1 aliphatic heterocycles. The van der Waals surface area contributed by atoms with Crippen molar-refractivity contribution >= 4 is 40.4 Å². The van der Waals surface area contributed by atoms with Crippen molar-refractivity contribution in [2.75, 3.05) is 19.6 Å².